The highest BCUT2D eigenvalue weighted by atomic mass is 16.5. The minimum absolute atomic E-state index is 0.109. The van der Waals surface area contributed by atoms with Crippen molar-refractivity contribution in [2.75, 3.05) is 13.7 Å². The zero-order valence-electron chi connectivity index (χ0n) is 13.3. The molecule has 1 unspecified atom stereocenters. The van der Waals surface area contributed by atoms with Crippen LogP contribution in [0.3, 0.4) is 0 Å². The minimum atomic E-state index is 0.109. The van der Waals surface area contributed by atoms with Crippen LogP contribution in [0.2, 0.25) is 0 Å². The van der Waals surface area contributed by atoms with Crippen molar-refractivity contribution in [3.63, 3.8) is 0 Å². The van der Waals surface area contributed by atoms with Gasteiger partial charge >= 0.3 is 0 Å². The third-order valence-electron chi connectivity index (χ3n) is 3.64. The van der Waals surface area contributed by atoms with Gasteiger partial charge in [-0.1, -0.05) is 38.5 Å². The van der Waals surface area contributed by atoms with E-state index in [0.29, 0.717) is 6.04 Å². The summed E-state index contributed by atoms with van der Waals surface area (Å²) in [7, 11) is 1.75. The van der Waals surface area contributed by atoms with Crippen LogP contribution in [0, 0.1) is 6.92 Å². The average molecular weight is 263 g/mol. The van der Waals surface area contributed by atoms with Crippen molar-refractivity contribution in [3.8, 4) is 5.75 Å². The zero-order valence-corrected chi connectivity index (χ0v) is 13.3. The second-order valence-electron chi connectivity index (χ2n) is 6.15. The van der Waals surface area contributed by atoms with Gasteiger partial charge in [0.05, 0.1) is 7.11 Å². The Morgan fingerprint density at radius 3 is 2.58 bits per heavy atom. The highest BCUT2D eigenvalue weighted by Crippen LogP contribution is 2.35. The lowest BCUT2D eigenvalue weighted by atomic mass is 9.78. The molecule has 0 aliphatic carbocycles. The maximum atomic E-state index is 5.53. The van der Waals surface area contributed by atoms with Gasteiger partial charge in [0, 0.05) is 11.6 Å². The number of nitrogens with one attached hydrogen (secondary N) is 1. The molecule has 0 aliphatic rings. The Morgan fingerprint density at radius 1 is 1.32 bits per heavy atom. The Labute approximate surface area is 118 Å². The number of benzene rings is 1. The summed E-state index contributed by atoms with van der Waals surface area (Å²) in [5, 5.41) is 3.57. The fraction of sp³-hybridized carbons (Fsp3) is 0.647. The Hall–Kier alpha value is -1.02. The van der Waals surface area contributed by atoms with Gasteiger partial charge in [-0.2, -0.15) is 0 Å². The fourth-order valence-electron chi connectivity index (χ4n) is 2.69. The number of hydrogen-bond donors (Lipinski definition) is 1. The summed E-state index contributed by atoms with van der Waals surface area (Å²) in [5.74, 6) is 0.998. The zero-order chi connectivity index (χ0) is 14.5. The van der Waals surface area contributed by atoms with Gasteiger partial charge in [0.2, 0.25) is 0 Å². The Morgan fingerprint density at radius 2 is 2.00 bits per heavy atom. The van der Waals surface area contributed by atoms with Gasteiger partial charge in [0.1, 0.15) is 5.75 Å². The SMILES string of the molecule is CCCNC(C)CC(C)(C)c1cc(C)ccc1OC. The van der Waals surface area contributed by atoms with E-state index in [9.17, 15) is 0 Å². The third kappa shape index (κ3) is 4.54. The summed E-state index contributed by atoms with van der Waals surface area (Å²) in [6.07, 6.45) is 2.28. The average Bonchev–Trinajstić information content (AvgIpc) is 2.35. The summed E-state index contributed by atoms with van der Waals surface area (Å²) in [5.41, 5.74) is 2.70. The summed E-state index contributed by atoms with van der Waals surface area (Å²) >= 11 is 0. The van der Waals surface area contributed by atoms with E-state index in [1.807, 2.05) is 0 Å². The van der Waals surface area contributed by atoms with Crippen LogP contribution in [-0.2, 0) is 5.41 Å². The van der Waals surface area contributed by atoms with Crippen LogP contribution in [0.4, 0.5) is 0 Å². The molecule has 0 aromatic heterocycles. The van der Waals surface area contributed by atoms with Crippen molar-refractivity contribution >= 4 is 0 Å². The molecule has 0 amide bonds. The first-order valence-corrected chi connectivity index (χ1v) is 7.29. The van der Waals surface area contributed by atoms with Crippen LogP contribution in [0.25, 0.3) is 0 Å². The highest BCUT2D eigenvalue weighted by Gasteiger charge is 2.26. The first-order chi connectivity index (χ1) is 8.90. The second kappa shape index (κ2) is 6.95. The summed E-state index contributed by atoms with van der Waals surface area (Å²) in [6, 6.07) is 6.96. The molecule has 0 spiro atoms. The van der Waals surface area contributed by atoms with Crippen LogP contribution in [0.1, 0.15) is 51.7 Å². The maximum Gasteiger partial charge on any atom is 0.122 e. The highest BCUT2D eigenvalue weighted by molar-refractivity contribution is 5.41. The van der Waals surface area contributed by atoms with Gasteiger partial charge in [0.25, 0.3) is 0 Å². The van der Waals surface area contributed by atoms with Gasteiger partial charge in [-0.05, 0) is 44.7 Å². The topological polar surface area (TPSA) is 21.3 Å². The van der Waals surface area contributed by atoms with E-state index in [1.54, 1.807) is 7.11 Å². The van der Waals surface area contributed by atoms with Crippen molar-refractivity contribution < 1.29 is 4.74 Å². The molecule has 0 bridgehead atoms. The molecule has 0 aliphatic heterocycles. The smallest absolute Gasteiger partial charge is 0.122 e. The molecule has 19 heavy (non-hydrogen) atoms. The third-order valence-corrected chi connectivity index (χ3v) is 3.64. The first kappa shape index (κ1) is 16.0. The molecule has 2 nitrogen and oxygen atoms in total. The molecule has 0 fully saturated rings. The predicted molar refractivity (Wildman–Crippen MR) is 83.1 cm³/mol. The lowest BCUT2D eigenvalue weighted by molar-refractivity contribution is 0.358. The van der Waals surface area contributed by atoms with Gasteiger partial charge in [0.15, 0.2) is 0 Å². The van der Waals surface area contributed by atoms with E-state index in [2.05, 4.69) is 58.1 Å². The van der Waals surface area contributed by atoms with Crippen LogP contribution in [0.15, 0.2) is 18.2 Å². The van der Waals surface area contributed by atoms with Crippen LogP contribution in [0.5, 0.6) is 5.75 Å². The molecule has 0 radical (unpaired) electrons. The normalized spacial score (nSPS) is 13.4. The molecule has 2 heteroatoms. The molecule has 0 heterocycles. The quantitative estimate of drug-likeness (QED) is 0.801. The van der Waals surface area contributed by atoms with Crippen molar-refractivity contribution in [2.24, 2.45) is 0 Å². The van der Waals surface area contributed by atoms with Crippen molar-refractivity contribution in [3.05, 3.63) is 29.3 Å². The molecule has 1 atom stereocenters. The summed E-state index contributed by atoms with van der Waals surface area (Å²) in [6.45, 7) is 12.3. The number of ether oxygens (including phenoxy) is 1. The molecule has 0 saturated carbocycles. The van der Waals surface area contributed by atoms with Crippen LogP contribution in [-0.4, -0.2) is 19.7 Å². The van der Waals surface area contributed by atoms with E-state index in [1.165, 1.54) is 17.5 Å². The first-order valence-electron chi connectivity index (χ1n) is 7.29. The molecule has 108 valence electrons. The Kier molecular flexibility index (Phi) is 5.86. The van der Waals surface area contributed by atoms with Gasteiger partial charge in [-0.15, -0.1) is 0 Å². The van der Waals surface area contributed by atoms with E-state index >= 15 is 0 Å². The largest absolute Gasteiger partial charge is 0.496 e. The summed E-state index contributed by atoms with van der Waals surface area (Å²) < 4.78 is 5.53. The second-order valence-corrected chi connectivity index (χ2v) is 6.15. The molecule has 1 rings (SSSR count). The van der Waals surface area contributed by atoms with E-state index < -0.39 is 0 Å². The molecule has 1 aromatic carbocycles. The van der Waals surface area contributed by atoms with E-state index in [0.717, 1.165) is 18.7 Å². The van der Waals surface area contributed by atoms with Crippen molar-refractivity contribution in [1.82, 2.24) is 5.32 Å². The van der Waals surface area contributed by atoms with Crippen LogP contribution >= 0.6 is 0 Å². The lowest BCUT2D eigenvalue weighted by Crippen LogP contribution is -2.33. The van der Waals surface area contributed by atoms with Gasteiger partial charge in [-0.3, -0.25) is 0 Å². The number of rotatable bonds is 7. The van der Waals surface area contributed by atoms with E-state index in [-0.39, 0.29) is 5.41 Å². The number of aryl methyl sites for hydroxylation is 1. The molecule has 1 N–H and O–H groups in total. The van der Waals surface area contributed by atoms with Crippen molar-refractivity contribution in [1.29, 1.82) is 0 Å². The fourth-order valence-corrected chi connectivity index (χ4v) is 2.69. The molecular weight excluding hydrogens is 234 g/mol. The van der Waals surface area contributed by atoms with Gasteiger partial charge in [-0.25, -0.2) is 0 Å². The minimum Gasteiger partial charge on any atom is -0.496 e. The van der Waals surface area contributed by atoms with E-state index in [4.69, 9.17) is 4.74 Å². The molecule has 0 saturated heterocycles. The van der Waals surface area contributed by atoms with Crippen LogP contribution < -0.4 is 10.1 Å². The Bertz CT molecular complexity index is 398. The lowest BCUT2D eigenvalue weighted by Gasteiger charge is -2.31. The molecular formula is C17H29NO. The number of hydrogen-bond acceptors (Lipinski definition) is 2. The maximum absolute atomic E-state index is 5.53. The summed E-state index contributed by atoms with van der Waals surface area (Å²) in [4.78, 5) is 0. The number of methoxy groups -OCH3 is 1. The van der Waals surface area contributed by atoms with Gasteiger partial charge < -0.3 is 10.1 Å². The van der Waals surface area contributed by atoms with Crippen molar-refractivity contribution in [2.45, 2.75) is 58.9 Å². The Balaban J connectivity index is 2.89. The standard InChI is InChI=1S/C17H29NO/c1-7-10-18-14(3)12-17(4,5)15-11-13(2)8-9-16(15)19-6/h8-9,11,14,18H,7,10,12H2,1-6H3. The predicted octanol–water partition coefficient (Wildman–Crippen LogP) is 4.06. The molecule has 1 aromatic rings. The monoisotopic (exact) mass is 263 g/mol.